The molecule has 13 heavy (non-hydrogen) atoms. The molecule has 4 nitrogen and oxygen atoms in total. The number of hydrogen-bond donors (Lipinski definition) is 1. The maximum atomic E-state index is 9.75. The number of hydrogen-bond acceptors (Lipinski definition) is 3. The minimum Gasteiger partial charge on any atom is -0.387 e. The maximum absolute atomic E-state index is 9.75. The molecule has 0 bridgehead atoms. The SMILES string of the molecule is CN(C)CCC(O)c1ccnn1C. The zero-order valence-corrected chi connectivity index (χ0v) is 8.44. The third-order valence-corrected chi connectivity index (χ3v) is 2.05. The molecular weight excluding hydrogens is 166 g/mol. The van der Waals surface area contributed by atoms with Gasteiger partial charge in [-0.15, -0.1) is 0 Å². The van der Waals surface area contributed by atoms with Gasteiger partial charge < -0.3 is 10.0 Å². The molecule has 1 heterocycles. The molecule has 0 fully saturated rings. The summed E-state index contributed by atoms with van der Waals surface area (Å²) in [6.07, 6.45) is 2.04. The van der Waals surface area contributed by atoms with Crippen LogP contribution in [0.1, 0.15) is 18.2 Å². The Morgan fingerprint density at radius 1 is 1.62 bits per heavy atom. The lowest BCUT2D eigenvalue weighted by Crippen LogP contribution is -2.17. The molecule has 1 atom stereocenters. The highest BCUT2D eigenvalue weighted by molar-refractivity contribution is 5.03. The summed E-state index contributed by atoms with van der Waals surface area (Å²) in [5, 5.41) is 13.8. The van der Waals surface area contributed by atoms with Crippen molar-refractivity contribution < 1.29 is 5.11 Å². The van der Waals surface area contributed by atoms with E-state index in [-0.39, 0.29) is 0 Å². The van der Waals surface area contributed by atoms with Crippen molar-refractivity contribution in [3.63, 3.8) is 0 Å². The number of aryl methyl sites for hydroxylation is 1. The fourth-order valence-corrected chi connectivity index (χ4v) is 1.24. The molecule has 1 aromatic heterocycles. The quantitative estimate of drug-likeness (QED) is 0.735. The van der Waals surface area contributed by atoms with Crippen molar-refractivity contribution in [3.8, 4) is 0 Å². The maximum Gasteiger partial charge on any atom is 0.0968 e. The van der Waals surface area contributed by atoms with E-state index in [1.54, 1.807) is 10.9 Å². The van der Waals surface area contributed by atoms with Gasteiger partial charge in [-0.25, -0.2) is 0 Å². The summed E-state index contributed by atoms with van der Waals surface area (Å²) in [5.41, 5.74) is 0.877. The van der Waals surface area contributed by atoms with E-state index in [0.29, 0.717) is 0 Å². The van der Waals surface area contributed by atoms with Crippen LogP contribution in [0.2, 0.25) is 0 Å². The van der Waals surface area contributed by atoms with Crippen molar-refractivity contribution in [1.29, 1.82) is 0 Å². The molecule has 1 aromatic rings. The van der Waals surface area contributed by atoms with Gasteiger partial charge in [0.15, 0.2) is 0 Å². The summed E-state index contributed by atoms with van der Waals surface area (Å²) in [6, 6.07) is 1.85. The van der Waals surface area contributed by atoms with E-state index < -0.39 is 6.10 Å². The second-order valence-corrected chi connectivity index (χ2v) is 3.49. The van der Waals surface area contributed by atoms with Crippen LogP contribution in [-0.4, -0.2) is 40.4 Å². The normalized spacial score (nSPS) is 13.6. The molecule has 0 amide bonds. The van der Waals surface area contributed by atoms with Crippen LogP contribution in [0.3, 0.4) is 0 Å². The van der Waals surface area contributed by atoms with E-state index in [0.717, 1.165) is 18.7 Å². The van der Waals surface area contributed by atoms with E-state index in [9.17, 15) is 5.11 Å². The molecule has 0 aliphatic carbocycles. The zero-order valence-electron chi connectivity index (χ0n) is 8.44. The first-order valence-electron chi connectivity index (χ1n) is 4.42. The molecule has 1 rings (SSSR count). The van der Waals surface area contributed by atoms with Crippen molar-refractivity contribution >= 4 is 0 Å². The van der Waals surface area contributed by atoms with Gasteiger partial charge in [0.05, 0.1) is 11.8 Å². The molecule has 1 unspecified atom stereocenters. The number of aliphatic hydroxyl groups excluding tert-OH is 1. The monoisotopic (exact) mass is 183 g/mol. The lowest BCUT2D eigenvalue weighted by Gasteiger charge is -2.14. The van der Waals surface area contributed by atoms with E-state index in [1.165, 1.54) is 0 Å². The van der Waals surface area contributed by atoms with Crippen LogP contribution in [0.15, 0.2) is 12.3 Å². The van der Waals surface area contributed by atoms with Gasteiger partial charge in [0.1, 0.15) is 0 Å². The Bertz CT molecular complexity index is 257. The van der Waals surface area contributed by atoms with E-state index in [2.05, 4.69) is 10.00 Å². The van der Waals surface area contributed by atoms with Crippen LogP contribution in [-0.2, 0) is 7.05 Å². The van der Waals surface area contributed by atoms with Crippen molar-refractivity contribution in [2.45, 2.75) is 12.5 Å². The summed E-state index contributed by atoms with van der Waals surface area (Å²) in [6.45, 7) is 0.881. The van der Waals surface area contributed by atoms with Gasteiger partial charge in [-0.1, -0.05) is 0 Å². The Hall–Kier alpha value is -0.870. The van der Waals surface area contributed by atoms with E-state index in [1.807, 2.05) is 27.2 Å². The zero-order chi connectivity index (χ0) is 9.84. The summed E-state index contributed by atoms with van der Waals surface area (Å²) >= 11 is 0. The van der Waals surface area contributed by atoms with Crippen LogP contribution in [0.25, 0.3) is 0 Å². The van der Waals surface area contributed by atoms with Gasteiger partial charge in [0, 0.05) is 19.8 Å². The average Bonchev–Trinajstić information content (AvgIpc) is 2.47. The predicted molar refractivity (Wildman–Crippen MR) is 51.3 cm³/mol. The van der Waals surface area contributed by atoms with Crippen molar-refractivity contribution in [1.82, 2.24) is 14.7 Å². The summed E-state index contributed by atoms with van der Waals surface area (Å²) < 4.78 is 1.71. The van der Waals surface area contributed by atoms with Crippen LogP contribution in [0.4, 0.5) is 0 Å². The Kier molecular flexibility index (Phi) is 3.45. The molecule has 0 saturated carbocycles. The van der Waals surface area contributed by atoms with Crippen molar-refractivity contribution in [2.75, 3.05) is 20.6 Å². The first kappa shape index (κ1) is 10.2. The molecule has 0 aromatic carbocycles. The smallest absolute Gasteiger partial charge is 0.0968 e. The lowest BCUT2D eigenvalue weighted by molar-refractivity contribution is 0.145. The molecular formula is C9H17N3O. The minimum absolute atomic E-state index is 0.408. The van der Waals surface area contributed by atoms with Crippen LogP contribution in [0, 0.1) is 0 Å². The number of aromatic nitrogens is 2. The second kappa shape index (κ2) is 4.39. The first-order valence-corrected chi connectivity index (χ1v) is 4.42. The second-order valence-electron chi connectivity index (χ2n) is 3.49. The number of rotatable bonds is 4. The number of aliphatic hydroxyl groups is 1. The van der Waals surface area contributed by atoms with Crippen molar-refractivity contribution in [3.05, 3.63) is 18.0 Å². The topological polar surface area (TPSA) is 41.3 Å². The number of nitrogens with zero attached hydrogens (tertiary/aromatic N) is 3. The van der Waals surface area contributed by atoms with Gasteiger partial charge >= 0.3 is 0 Å². The molecule has 0 aliphatic heterocycles. The Morgan fingerprint density at radius 3 is 2.77 bits per heavy atom. The molecule has 0 radical (unpaired) electrons. The molecule has 0 spiro atoms. The predicted octanol–water partition coefficient (Wildman–Crippen LogP) is 0.405. The van der Waals surface area contributed by atoms with Gasteiger partial charge in [-0.05, 0) is 26.6 Å². The van der Waals surface area contributed by atoms with E-state index in [4.69, 9.17) is 0 Å². The van der Waals surface area contributed by atoms with Crippen LogP contribution in [0.5, 0.6) is 0 Å². The summed E-state index contributed by atoms with van der Waals surface area (Å²) in [4.78, 5) is 2.06. The Morgan fingerprint density at radius 2 is 2.31 bits per heavy atom. The molecule has 0 aliphatic rings. The standard InChI is InChI=1S/C9H17N3O/c1-11(2)7-5-9(13)8-4-6-10-12(8)3/h4,6,9,13H,5,7H2,1-3H3. The van der Waals surface area contributed by atoms with Crippen LogP contribution < -0.4 is 0 Å². The van der Waals surface area contributed by atoms with Gasteiger partial charge in [0.25, 0.3) is 0 Å². The highest BCUT2D eigenvalue weighted by atomic mass is 16.3. The van der Waals surface area contributed by atoms with E-state index >= 15 is 0 Å². The first-order chi connectivity index (χ1) is 6.11. The highest BCUT2D eigenvalue weighted by Crippen LogP contribution is 2.14. The average molecular weight is 183 g/mol. The third-order valence-electron chi connectivity index (χ3n) is 2.05. The van der Waals surface area contributed by atoms with Gasteiger partial charge in [0.2, 0.25) is 0 Å². The Labute approximate surface area is 78.8 Å². The van der Waals surface area contributed by atoms with Crippen LogP contribution >= 0.6 is 0 Å². The largest absolute Gasteiger partial charge is 0.387 e. The summed E-state index contributed by atoms with van der Waals surface area (Å²) in [5.74, 6) is 0. The van der Waals surface area contributed by atoms with Gasteiger partial charge in [-0.3, -0.25) is 4.68 Å². The van der Waals surface area contributed by atoms with Crippen molar-refractivity contribution in [2.24, 2.45) is 7.05 Å². The molecule has 74 valence electrons. The summed E-state index contributed by atoms with van der Waals surface area (Å²) in [7, 11) is 5.83. The molecule has 4 heteroatoms. The third kappa shape index (κ3) is 2.82. The molecule has 0 saturated heterocycles. The van der Waals surface area contributed by atoms with Gasteiger partial charge in [-0.2, -0.15) is 5.10 Å². The fourth-order valence-electron chi connectivity index (χ4n) is 1.24. The molecule has 1 N–H and O–H groups in total. The Balaban J connectivity index is 2.49. The lowest BCUT2D eigenvalue weighted by atomic mass is 10.2. The fraction of sp³-hybridized carbons (Fsp3) is 0.667. The highest BCUT2D eigenvalue weighted by Gasteiger charge is 2.10. The minimum atomic E-state index is -0.408.